The van der Waals surface area contributed by atoms with Gasteiger partial charge in [-0.25, -0.2) is 0 Å². The van der Waals surface area contributed by atoms with Crippen molar-refractivity contribution in [3.05, 3.63) is 24.0 Å². The van der Waals surface area contributed by atoms with Gasteiger partial charge in [0.2, 0.25) is 0 Å². The SMILES string of the molecule is CC[C@@H](N)c1ccc(OCCO)cn1. The summed E-state index contributed by atoms with van der Waals surface area (Å²) in [6.07, 6.45) is 2.49. The topological polar surface area (TPSA) is 68.4 Å². The van der Waals surface area contributed by atoms with Crippen LogP contribution in [-0.2, 0) is 0 Å². The Kier molecular flexibility index (Phi) is 4.35. The normalized spacial score (nSPS) is 12.5. The molecule has 0 saturated carbocycles. The molecule has 1 heterocycles. The van der Waals surface area contributed by atoms with Crippen molar-refractivity contribution >= 4 is 0 Å². The van der Waals surface area contributed by atoms with Crippen LogP contribution in [0.5, 0.6) is 5.75 Å². The van der Waals surface area contributed by atoms with Gasteiger partial charge in [0.1, 0.15) is 12.4 Å². The first-order valence-corrected chi connectivity index (χ1v) is 4.73. The van der Waals surface area contributed by atoms with Crippen molar-refractivity contribution in [2.45, 2.75) is 19.4 Å². The highest BCUT2D eigenvalue weighted by Gasteiger charge is 2.04. The molecular formula is C10H16N2O2. The first-order chi connectivity index (χ1) is 6.77. The van der Waals surface area contributed by atoms with Crippen LogP contribution in [0.25, 0.3) is 0 Å². The molecule has 0 aliphatic carbocycles. The summed E-state index contributed by atoms with van der Waals surface area (Å²) < 4.78 is 5.17. The molecule has 0 fully saturated rings. The molecule has 14 heavy (non-hydrogen) atoms. The fourth-order valence-corrected chi connectivity index (χ4v) is 1.07. The van der Waals surface area contributed by atoms with Crippen molar-refractivity contribution in [1.82, 2.24) is 4.98 Å². The zero-order chi connectivity index (χ0) is 10.4. The van der Waals surface area contributed by atoms with Gasteiger partial charge in [-0.05, 0) is 18.6 Å². The molecule has 1 aromatic heterocycles. The second kappa shape index (κ2) is 5.57. The van der Waals surface area contributed by atoms with Gasteiger partial charge in [-0.3, -0.25) is 4.98 Å². The summed E-state index contributed by atoms with van der Waals surface area (Å²) in [7, 11) is 0. The zero-order valence-corrected chi connectivity index (χ0v) is 8.31. The lowest BCUT2D eigenvalue weighted by molar-refractivity contribution is 0.201. The van der Waals surface area contributed by atoms with Gasteiger partial charge in [-0.1, -0.05) is 6.92 Å². The van der Waals surface area contributed by atoms with E-state index in [1.165, 1.54) is 0 Å². The zero-order valence-electron chi connectivity index (χ0n) is 8.31. The lowest BCUT2D eigenvalue weighted by Crippen LogP contribution is -2.10. The smallest absolute Gasteiger partial charge is 0.137 e. The molecule has 1 aromatic rings. The van der Waals surface area contributed by atoms with E-state index in [4.69, 9.17) is 15.6 Å². The summed E-state index contributed by atoms with van der Waals surface area (Å²) in [4.78, 5) is 4.17. The molecule has 0 saturated heterocycles. The Bertz CT molecular complexity index is 261. The number of aliphatic hydroxyl groups excluding tert-OH is 1. The number of pyridine rings is 1. The van der Waals surface area contributed by atoms with Crippen LogP contribution in [0.2, 0.25) is 0 Å². The van der Waals surface area contributed by atoms with E-state index in [-0.39, 0.29) is 12.6 Å². The first-order valence-electron chi connectivity index (χ1n) is 4.73. The van der Waals surface area contributed by atoms with Crippen LogP contribution in [0.3, 0.4) is 0 Å². The fourth-order valence-electron chi connectivity index (χ4n) is 1.07. The number of hydrogen-bond acceptors (Lipinski definition) is 4. The van der Waals surface area contributed by atoms with Crippen LogP contribution in [0, 0.1) is 0 Å². The van der Waals surface area contributed by atoms with Gasteiger partial charge in [-0.2, -0.15) is 0 Å². The van der Waals surface area contributed by atoms with Crippen molar-refractivity contribution in [1.29, 1.82) is 0 Å². The number of nitrogens with zero attached hydrogens (tertiary/aromatic N) is 1. The van der Waals surface area contributed by atoms with E-state index >= 15 is 0 Å². The molecule has 0 unspecified atom stereocenters. The maximum Gasteiger partial charge on any atom is 0.137 e. The second-order valence-corrected chi connectivity index (χ2v) is 3.01. The van der Waals surface area contributed by atoms with Gasteiger partial charge in [0.25, 0.3) is 0 Å². The maximum atomic E-state index is 8.54. The van der Waals surface area contributed by atoms with E-state index in [1.807, 2.05) is 19.1 Å². The van der Waals surface area contributed by atoms with E-state index in [0.717, 1.165) is 12.1 Å². The monoisotopic (exact) mass is 196 g/mol. The molecule has 1 rings (SSSR count). The van der Waals surface area contributed by atoms with Crippen LogP contribution in [0.4, 0.5) is 0 Å². The fraction of sp³-hybridized carbons (Fsp3) is 0.500. The van der Waals surface area contributed by atoms with Gasteiger partial charge >= 0.3 is 0 Å². The summed E-state index contributed by atoms with van der Waals surface area (Å²) in [5, 5.41) is 8.54. The summed E-state index contributed by atoms with van der Waals surface area (Å²) in [5.41, 5.74) is 6.67. The molecule has 4 nitrogen and oxygen atoms in total. The molecule has 0 aliphatic rings. The number of aliphatic hydroxyl groups is 1. The van der Waals surface area contributed by atoms with E-state index in [9.17, 15) is 0 Å². The molecule has 0 amide bonds. The highest BCUT2D eigenvalue weighted by Crippen LogP contribution is 2.14. The third kappa shape index (κ3) is 2.97. The molecule has 4 heteroatoms. The van der Waals surface area contributed by atoms with Crippen molar-refractivity contribution < 1.29 is 9.84 Å². The van der Waals surface area contributed by atoms with Gasteiger partial charge < -0.3 is 15.6 Å². The Morgan fingerprint density at radius 1 is 1.57 bits per heavy atom. The third-order valence-electron chi connectivity index (χ3n) is 1.94. The minimum absolute atomic E-state index is 0.0101. The molecule has 78 valence electrons. The molecular weight excluding hydrogens is 180 g/mol. The summed E-state index contributed by atoms with van der Waals surface area (Å²) in [6.45, 7) is 2.32. The van der Waals surface area contributed by atoms with E-state index < -0.39 is 0 Å². The molecule has 0 aromatic carbocycles. The predicted octanol–water partition coefficient (Wildman–Crippen LogP) is 0.863. The van der Waals surface area contributed by atoms with Gasteiger partial charge in [-0.15, -0.1) is 0 Å². The Labute approximate surface area is 83.7 Å². The molecule has 0 bridgehead atoms. The number of aromatic nitrogens is 1. The lowest BCUT2D eigenvalue weighted by Gasteiger charge is -2.09. The number of hydrogen-bond donors (Lipinski definition) is 2. The van der Waals surface area contributed by atoms with Gasteiger partial charge in [0.05, 0.1) is 18.5 Å². The van der Waals surface area contributed by atoms with Gasteiger partial charge in [0.15, 0.2) is 0 Å². The van der Waals surface area contributed by atoms with Crippen LogP contribution in [-0.4, -0.2) is 23.3 Å². The van der Waals surface area contributed by atoms with Crippen molar-refractivity contribution in [3.63, 3.8) is 0 Å². The van der Waals surface area contributed by atoms with Crippen LogP contribution in [0.15, 0.2) is 18.3 Å². The molecule has 3 N–H and O–H groups in total. The Hall–Kier alpha value is -1.13. The highest BCUT2D eigenvalue weighted by atomic mass is 16.5. The third-order valence-corrected chi connectivity index (χ3v) is 1.94. The molecule has 0 radical (unpaired) electrons. The largest absolute Gasteiger partial charge is 0.490 e. The minimum atomic E-state index is -0.0121. The summed E-state index contributed by atoms with van der Waals surface area (Å²) >= 11 is 0. The number of rotatable bonds is 5. The highest BCUT2D eigenvalue weighted by molar-refractivity contribution is 5.21. The van der Waals surface area contributed by atoms with Crippen LogP contribution in [0.1, 0.15) is 25.1 Å². The first kappa shape index (κ1) is 10.9. The van der Waals surface area contributed by atoms with Gasteiger partial charge in [0, 0.05) is 6.04 Å². The molecule has 1 atom stereocenters. The molecule has 0 aliphatic heterocycles. The van der Waals surface area contributed by atoms with Crippen molar-refractivity contribution in [2.75, 3.05) is 13.2 Å². The quantitative estimate of drug-likeness (QED) is 0.733. The Balaban J connectivity index is 2.59. The average molecular weight is 196 g/mol. The van der Waals surface area contributed by atoms with Crippen molar-refractivity contribution in [3.8, 4) is 5.75 Å². The van der Waals surface area contributed by atoms with Crippen LogP contribution < -0.4 is 10.5 Å². The number of ether oxygens (including phenoxy) is 1. The average Bonchev–Trinajstić information content (AvgIpc) is 2.26. The number of nitrogens with two attached hydrogens (primary N) is 1. The predicted molar refractivity (Wildman–Crippen MR) is 54.0 cm³/mol. The van der Waals surface area contributed by atoms with E-state index in [0.29, 0.717) is 12.4 Å². The standard InChI is InChI=1S/C10H16N2O2/c1-2-9(11)10-4-3-8(7-12-10)14-6-5-13/h3-4,7,9,13H,2,5-6,11H2,1H3/t9-/m1/s1. The Morgan fingerprint density at radius 2 is 2.36 bits per heavy atom. The minimum Gasteiger partial charge on any atom is -0.490 e. The Morgan fingerprint density at radius 3 is 2.86 bits per heavy atom. The van der Waals surface area contributed by atoms with E-state index in [2.05, 4.69) is 4.98 Å². The maximum absolute atomic E-state index is 8.54. The van der Waals surface area contributed by atoms with Crippen LogP contribution >= 0.6 is 0 Å². The van der Waals surface area contributed by atoms with Crippen molar-refractivity contribution in [2.24, 2.45) is 5.73 Å². The molecule has 0 spiro atoms. The summed E-state index contributed by atoms with van der Waals surface area (Å²) in [5.74, 6) is 0.658. The lowest BCUT2D eigenvalue weighted by atomic mass is 10.1. The summed E-state index contributed by atoms with van der Waals surface area (Å²) in [6, 6.07) is 3.65. The van der Waals surface area contributed by atoms with E-state index in [1.54, 1.807) is 6.20 Å². The second-order valence-electron chi connectivity index (χ2n) is 3.01.